The van der Waals surface area contributed by atoms with E-state index in [1.165, 1.54) is 0 Å². The Labute approximate surface area is 159 Å². The molecule has 0 aliphatic heterocycles. The van der Waals surface area contributed by atoms with Crippen molar-refractivity contribution in [2.75, 3.05) is 5.32 Å². The molecule has 1 heterocycles. The van der Waals surface area contributed by atoms with E-state index in [9.17, 15) is 4.79 Å². The van der Waals surface area contributed by atoms with Gasteiger partial charge in [0.1, 0.15) is 0 Å². The van der Waals surface area contributed by atoms with Gasteiger partial charge >= 0.3 is 0 Å². The summed E-state index contributed by atoms with van der Waals surface area (Å²) >= 11 is 3.49. The number of carbonyl (C=O) groups is 1. The van der Waals surface area contributed by atoms with Crippen molar-refractivity contribution in [2.24, 2.45) is 0 Å². The molecule has 4 aromatic rings. The highest BCUT2D eigenvalue weighted by molar-refractivity contribution is 9.10. The first kappa shape index (κ1) is 16.5. The van der Waals surface area contributed by atoms with Crippen LogP contribution >= 0.6 is 15.9 Å². The Kier molecular flexibility index (Phi) is 4.50. The van der Waals surface area contributed by atoms with Gasteiger partial charge in [-0.25, -0.2) is 4.98 Å². The molecule has 1 aromatic heterocycles. The molecule has 0 radical (unpaired) electrons. The molecule has 0 unspecified atom stereocenters. The number of para-hydroxylation sites is 2. The van der Waals surface area contributed by atoms with E-state index in [2.05, 4.69) is 21.2 Å². The minimum absolute atomic E-state index is 0.147. The molecule has 0 fully saturated rings. The van der Waals surface area contributed by atoms with Crippen LogP contribution < -0.4 is 5.32 Å². The molecule has 3 aromatic carbocycles. The van der Waals surface area contributed by atoms with Gasteiger partial charge < -0.3 is 5.32 Å². The molecule has 0 aliphatic carbocycles. The second-order valence-corrected chi connectivity index (χ2v) is 6.82. The molecule has 1 amide bonds. The van der Waals surface area contributed by atoms with Crippen LogP contribution in [-0.2, 0) is 0 Å². The number of hydrogen-bond acceptors (Lipinski definition) is 2. The smallest absolute Gasteiger partial charge is 0.256 e. The van der Waals surface area contributed by atoms with Gasteiger partial charge in [-0.05, 0) is 36.4 Å². The highest BCUT2D eigenvalue weighted by atomic mass is 79.9. The van der Waals surface area contributed by atoms with Crippen molar-refractivity contribution in [1.29, 1.82) is 0 Å². The van der Waals surface area contributed by atoms with Crippen molar-refractivity contribution in [3.8, 4) is 11.3 Å². The molecular weight excluding hydrogens is 388 g/mol. The molecular formula is C22H15BrN2O. The SMILES string of the molecule is O=C(Nc1ccccc1)c1cc(-c2cccc(Br)c2)nc2ccccc12. The normalized spacial score (nSPS) is 10.7. The van der Waals surface area contributed by atoms with Crippen LogP contribution in [0.3, 0.4) is 0 Å². The van der Waals surface area contributed by atoms with Crippen molar-refractivity contribution in [3.63, 3.8) is 0 Å². The molecule has 0 bridgehead atoms. The molecule has 0 spiro atoms. The zero-order chi connectivity index (χ0) is 17.9. The van der Waals surface area contributed by atoms with Crippen molar-refractivity contribution in [3.05, 3.63) is 95.0 Å². The Morgan fingerprint density at radius 3 is 2.42 bits per heavy atom. The summed E-state index contributed by atoms with van der Waals surface area (Å²) in [4.78, 5) is 17.7. The highest BCUT2D eigenvalue weighted by Crippen LogP contribution is 2.27. The number of nitrogens with zero attached hydrogens (tertiary/aromatic N) is 1. The van der Waals surface area contributed by atoms with Crippen LogP contribution in [0.15, 0.2) is 89.4 Å². The van der Waals surface area contributed by atoms with Gasteiger partial charge in [0.15, 0.2) is 0 Å². The molecule has 4 rings (SSSR count). The quantitative estimate of drug-likeness (QED) is 0.462. The predicted octanol–water partition coefficient (Wildman–Crippen LogP) is 5.92. The Hall–Kier alpha value is -2.98. The van der Waals surface area contributed by atoms with E-state index >= 15 is 0 Å². The fourth-order valence-corrected chi connectivity index (χ4v) is 3.28. The Balaban J connectivity index is 1.83. The number of amides is 1. The Morgan fingerprint density at radius 2 is 1.62 bits per heavy atom. The van der Waals surface area contributed by atoms with E-state index in [4.69, 9.17) is 4.98 Å². The number of hydrogen-bond donors (Lipinski definition) is 1. The van der Waals surface area contributed by atoms with Crippen LogP contribution in [0.5, 0.6) is 0 Å². The summed E-state index contributed by atoms with van der Waals surface area (Å²) in [7, 11) is 0. The minimum Gasteiger partial charge on any atom is -0.322 e. The average Bonchev–Trinajstić information content (AvgIpc) is 2.68. The maximum absolute atomic E-state index is 12.9. The maximum atomic E-state index is 12.9. The number of nitrogens with one attached hydrogen (secondary N) is 1. The van der Waals surface area contributed by atoms with Crippen LogP contribution in [-0.4, -0.2) is 10.9 Å². The number of aromatic nitrogens is 1. The third kappa shape index (κ3) is 3.37. The summed E-state index contributed by atoms with van der Waals surface area (Å²) < 4.78 is 0.972. The van der Waals surface area contributed by atoms with Gasteiger partial charge in [-0.3, -0.25) is 4.79 Å². The van der Waals surface area contributed by atoms with E-state index < -0.39 is 0 Å². The number of benzene rings is 3. The molecule has 26 heavy (non-hydrogen) atoms. The highest BCUT2D eigenvalue weighted by Gasteiger charge is 2.14. The summed E-state index contributed by atoms with van der Waals surface area (Å²) in [5, 5.41) is 3.80. The van der Waals surface area contributed by atoms with Crippen molar-refractivity contribution >= 4 is 38.4 Å². The number of carbonyl (C=O) groups excluding carboxylic acids is 1. The lowest BCUT2D eigenvalue weighted by molar-refractivity contribution is 0.102. The monoisotopic (exact) mass is 402 g/mol. The van der Waals surface area contributed by atoms with Crippen molar-refractivity contribution in [1.82, 2.24) is 4.98 Å². The fourth-order valence-electron chi connectivity index (χ4n) is 2.88. The second kappa shape index (κ2) is 7.10. The van der Waals surface area contributed by atoms with Gasteiger partial charge in [0, 0.05) is 21.1 Å². The molecule has 0 saturated heterocycles. The second-order valence-electron chi connectivity index (χ2n) is 5.90. The first-order valence-electron chi connectivity index (χ1n) is 8.23. The molecule has 4 heteroatoms. The number of pyridine rings is 1. The van der Waals surface area contributed by atoms with E-state index in [0.717, 1.165) is 32.3 Å². The Morgan fingerprint density at radius 1 is 0.846 bits per heavy atom. The Bertz CT molecular complexity index is 1090. The molecule has 1 N–H and O–H groups in total. The molecule has 3 nitrogen and oxygen atoms in total. The summed E-state index contributed by atoms with van der Waals surface area (Å²) in [6.45, 7) is 0. The standard InChI is InChI=1S/C22H15BrN2O/c23-16-8-6-7-15(13-16)21-14-19(18-11-4-5-12-20(18)25-21)22(26)24-17-9-2-1-3-10-17/h1-14H,(H,24,26). The summed E-state index contributed by atoms with van der Waals surface area (Å²) in [5.41, 5.74) is 3.89. The first-order chi connectivity index (χ1) is 12.7. The third-order valence-electron chi connectivity index (χ3n) is 4.11. The van der Waals surface area contributed by atoms with Gasteiger partial charge in [0.2, 0.25) is 0 Å². The fraction of sp³-hybridized carbons (Fsp3) is 0. The van der Waals surface area contributed by atoms with Gasteiger partial charge in [-0.2, -0.15) is 0 Å². The van der Waals surface area contributed by atoms with E-state index in [1.807, 2.05) is 84.9 Å². The van der Waals surface area contributed by atoms with E-state index in [0.29, 0.717) is 5.56 Å². The zero-order valence-corrected chi connectivity index (χ0v) is 15.4. The van der Waals surface area contributed by atoms with E-state index in [-0.39, 0.29) is 5.91 Å². The molecule has 0 saturated carbocycles. The third-order valence-corrected chi connectivity index (χ3v) is 4.61. The van der Waals surface area contributed by atoms with Gasteiger partial charge in [-0.15, -0.1) is 0 Å². The van der Waals surface area contributed by atoms with Crippen LogP contribution in [0.25, 0.3) is 22.2 Å². The first-order valence-corrected chi connectivity index (χ1v) is 9.02. The summed E-state index contributed by atoms with van der Waals surface area (Å²) in [5.74, 6) is -0.147. The molecule has 0 atom stereocenters. The van der Waals surface area contributed by atoms with Gasteiger partial charge in [0.25, 0.3) is 5.91 Å². The molecule has 126 valence electrons. The topological polar surface area (TPSA) is 42.0 Å². The molecule has 0 aliphatic rings. The summed E-state index contributed by atoms with van der Waals surface area (Å²) in [6, 6.07) is 26.9. The van der Waals surface area contributed by atoms with Gasteiger partial charge in [0.05, 0.1) is 16.8 Å². The lowest BCUT2D eigenvalue weighted by Crippen LogP contribution is -2.13. The van der Waals surface area contributed by atoms with Crippen LogP contribution in [0.4, 0.5) is 5.69 Å². The number of halogens is 1. The zero-order valence-electron chi connectivity index (χ0n) is 13.8. The van der Waals surface area contributed by atoms with Crippen molar-refractivity contribution < 1.29 is 4.79 Å². The van der Waals surface area contributed by atoms with Crippen LogP contribution in [0.1, 0.15) is 10.4 Å². The number of fused-ring (bicyclic) bond motifs is 1. The van der Waals surface area contributed by atoms with E-state index in [1.54, 1.807) is 0 Å². The number of rotatable bonds is 3. The summed E-state index contributed by atoms with van der Waals surface area (Å²) in [6.07, 6.45) is 0. The lowest BCUT2D eigenvalue weighted by Gasteiger charge is -2.11. The van der Waals surface area contributed by atoms with Crippen LogP contribution in [0.2, 0.25) is 0 Å². The largest absolute Gasteiger partial charge is 0.322 e. The van der Waals surface area contributed by atoms with Crippen LogP contribution in [0, 0.1) is 0 Å². The van der Waals surface area contributed by atoms with Crippen molar-refractivity contribution in [2.45, 2.75) is 0 Å². The minimum atomic E-state index is -0.147. The lowest BCUT2D eigenvalue weighted by atomic mass is 10.0. The average molecular weight is 403 g/mol. The number of anilines is 1. The predicted molar refractivity (Wildman–Crippen MR) is 109 cm³/mol. The van der Waals surface area contributed by atoms with Gasteiger partial charge in [-0.1, -0.05) is 64.5 Å². The maximum Gasteiger partial charge on any atom is 0.256 e.